The summed E-state index contributed by atoms with van der Waals surface area (Å²) in [6.45, 7) is 1.81. The van der Waals surface area contributed by atoms with Crippen LogP contribution in [0.25, 0.3) is 0 Å². The van der Waals surface area contributed by atoms with Crippen LogP contribution in [0.1, 0.15) is 15.9 Å². The molecule has 0 aliphatic carbocycles. The van der Waals surface area contributed by atoms with E-state index in [0.29, 0.717) is 0 Å². The second-order valence-electron chi connectivity index (χ2n) is 5.10. The van der Waals surface area contributed by atoms with Crippen LogP contribution in [0.15, 0.2) is 53.4 Å². The zero-order valence-electron chi connectivity index (χ0n) is 13.4. The molecule has 0 aliphatic heterocycles. The van der Waals surface area contributed by atoms with Crippen molar-refractivity contribution in [3.05, 3.63) is 69.8 Å². The smallest absolute Gasteiger partial charge is 0.282 e. The first-order valence-electron chi connectivity index (χ1n) is 7.14. The molecule has 2 aromatic rings. The fraction of sp³-hybridized carbons (Fsp3) is 0.0667. The Kier molecular flexibility index (Phi) is 5.97. The Hall–Kier alpha value is -2.89. The quantitative estimate of drug-likeness (QED) is 0.397. The maximum Gasteiger partial charge on any atom is 0.282 e. The summed E-state index contributed by atoms with van der Waals surface area (Å²) in [4.78, 5) is 24.3. The molecule has 2 rings (SSSR count). The molecular weight excluding hydrogens is 380 g/mol. The number of carbonyl (C=O) groups is 1. The molecule has 0 aromatic heterocycles. The minimum Gasteiger partial charge on any atom is -0.298 e. The van der Waals surface area contributed by atoms with Crippen LogP contribution < -0.4 is 15.6 Å². The largest absolute Gasteiger partial charge is 0.298 e. The lowest BCUT2D eigenvalue weighted by Crippen LogP contribution is -2.48. The number of nitrogens with zero attached hydrogens (tertiary/aromatic N) is 1. The Labute approximate surface area is 154 Å². The standard InChI is InChI=1S/C15H14N4O5S2/c1-10-6-8-11(9-7-10)26(23,24)18-17-15(25)16-14(20)12-4-2-3-5-13(12)19(21)22/h2-9,18H,1H3,(H2,16,17,20,25). The molecule has 0 heterocycles. The maximum absolute atomic E-state index is 12.1. The van der Waals surface area contributed by atoms with Crippen molar-refractivity contribution in [2.45, 2.75) is 11.8 Å². The number of rotatable bonds is 5. The highest BCUT2D eigenvalue weighted by Crippen LogP contribution is 2.17. The number of amides is 1. The molecule has 0 aliphatic rings. The Morgan fingerprint density at radius 3 is 2.35 bits per heavy atom. The molecule has 2 aromatic carbocycles. The second kappa shape index (κ2) is 7.99. The van der Waals surface area contributed by atoms with Gasteiger partial charge in [-0.1, -0.05) is 29.8 Å². The number of nitro groups is 1. The molecule has 1 amide bonds. The minimum atomic E-state index is -3.90. The van der Waals surface area contributed by atoms with Crippen LogP contribution in [0, 0.1) is 17.0 Å². The van der Waals surface area contributed by atoms with Gasteiger partial charge < -0.3 is 0 Å². The van der Waals surface area contributed by atoms with Crippen molar-refractivity contribution < 1.29 is 18.1 Å². The molecule has 0 fully saturated rings. The topological polar surface area (TPSA) is 130 Å². The van der Waals surface area contributed by atoms with Crippen LogP contribution in [0.4, 0.5) is 5.69 Å². The average Bonchev–Trinajstić information content (AvgIpc) is 2.60. The van der Waals surface area contributed by atoms with Gasteiger partial charge in [-0.25, -0.2) is 8.42 Å². The van der Waals surface area contributed by atoms with E-state index in [0.717, 1.165) is 5.56 Å². The van der Waals surface area contributed by atoms with Gasteiger partial charge in [0.15, 0.2) is 5.11 Å². The number of hydrogen-bond acceptors (Lipinski definition) is 6. The highest BCUT2D eigenvalue weighted by atomic mass is 32.2. The highest BCUT2D eigenvalue weighted by molar-refractivity contribution is 7.89. The van der Waals surface area contributed by atoms with E-state index in [1.54, 1.807) is 12.1 Å². The summed E-state index contributed by atoms with van der Waals surface area (Å²) in [5, 5.41) is 12.8. The van der Waals surface area contributed by atoms with E-state index in [4.69, 9.17) is 12.2 Å². The van der Waals surface area contributed by atoms with E-state index in [1.165, 1.54) is 36.4 Å². The molecule has 136 valence electrons. The maximum atomic E-state index is 12.1. The molecule has 0 saturated carbocycles. The lowest BCUT2D eigenvalue weighted by molar-refractivity contribution is -0.385. The molecule has 0 unspecified atom stereocenters. The number of benzene rings is 2. The van der Waals surface area contributed by atoms with Crippen molar-refractivity contribution in [1.82, 2.24) is 15.6 Å². The predicted molar refractivity (Wildman–Crippen MR) is 97.8 cm³/mol. The van der Waals surface area contributed by atoms with E-state index >= 15 is 0 Å². The third-order valence-corrected chi connectivity index (χ3v) is 4.67. The minimum absolute atomic E-state index is 0.00317. The van der Waals surface area contributed by atoms with Crippen molar-refractivity contribution >= 4 is 38.9 Å². The van der Waals surface area contributed by atoms with Gasteiger partial charge in [0.1, 0.15) is 5.56 Å². The van der Waals surface area contributed by atoms with E-state index in [2.05, 4.69) is 10.7 Å². The lowest BCUT2D eigenvalue weighted by Gasteiger charge is -2.11. The second-order valence-corrected chi connectivity index (χ2v) is 7.19. The van der Waals surface area contributed by atoms with Crippen LogP contribution >= 0.6 is 12.2 Å². The summed E-state index contributed by atoms with van der Waals surface area (Å²) in [6, 6.07) is 11.4. The molecule has 0 saturated heterocycles. The van der Waals surface area contributed by atoms with Gasteiger partial charge in [0.25, 0.3) is 21.6 Å². The third kappa shape index (κ3) is 4.81. The van der Waals surface area contributed by atoms with Crippen LogP contribution in [0.3, 0.4) is 0 Å². The average molecular weight is 394 g/mol. The Balaban J connectivity index is 2.02. The van der Waals surface area contributed by atoms with Gasteiger partial charge in [0, 0.05) is 6.07 Å². The van der Waals surface area contributed by atoms with Gasteiger partial charge in [-0.15, -0.1) is 4.83 Å². The molecule has 26 heavy (non-hydrogen) atoms. The number of nitrogens with one attached hydrogen (secondary N) is 3. The van der Waals surface area contributed by atoms with Gasteiger partial charge in [-0.05, 0) is 37.3 Å². The highest BCUT2D eigenvalue weighted by Gasteiger charge is 2.20. The molecule has 11 heteroatoms. The Bertz CT molecular complexity index is 958. The van der Waals surface area contributed by atoms with E-state index in [9.17, 15) is 23.3 Å². The van der Waals surface area contributed by atoms with Gasteiger partial charge >= 0.3 is 0 Å². The molecule has 9 nitrogen and oxygen atoms in total. The number of para-hydroxylation sites is 1. The normalized spacial score (nSPS) is 10.8. The molecule has 0 atom stereocenters. The summed E-state index contributed by atoms with van der Waals surface area (Å²) in [5.74, 6) is -0.843. The van der Waals surface area contributed by atoms with Crippen LogP contribution in [0.2, 0.25) is 0 Å². The lowest BCUT2D eigenvalue weighted by atomic mass is 10.1. The Morgan fingerprint density at radius 2 is 1.73 bits per heavy atom. The summed E-state index contributed by atoms with van der Waals surface area (Å²) in [7, 11) is -3.90. The van der Waals surface area contributed by atoms with Gasteiger partial charge in [-0.2, -0.15) is 0 Å². The van der Waals surface area contributed by atoms with Crippen LogP contribution in [-0.2, 0) is 10.0 Å². The molecule has 3 N–H and O–H groups in total. The van der Waals surface area contributed by atoms with Crippen LogP contribution in [0.5, 0.6) is 0 Å². The van der Waals surface area contributed by atoms with Crippen molar-refractivity contribution in [1.29, 1.82) is 0 Å². The van der Waals surface area contributed by atoms with E-state index in [1.807, 2.05) is 11.8 Å². The van der Waals surface area contributed by atoms with Gasteiger partial charge in [0.2, 0.25) is 0 Å². The number of nitro benzene ring substituents is 1. The third-order valence-electron chi connectivity index (χ3n) is 3.20. The fourth-order valence-corrected chi connectivity index (χ4v) is 2.97. The first-order valence-corrected chi connectivity index (χ1v) is 9.03. The summed E-state index contributed by atoms with van der Waals surface area (Å²) >= 11 is 4.84. The number of hydrogen-bond donors (Lipinski definition) is 3. The summed E-state index contributed by atoms with van der Waals surface area (Å²) < 4.78 is 24.2. The zero-order chi connectivity index (χ0) is 19.3. The zero-order valence-corrected chi connectivity index (χ0v) is 15.1. The predicted octanol–water partition coefficient (Wildman–Crippen LogP) is 1.40. The summed E-state index contributed by atoms with van der Waals surface area (Å²) in [5.41, 5.74) is 2.47. The molecule has 0 spiro atoms. The number of hydrazine groups is 1. The molecule has 0 bridgehead atoms. The first kappa shape index (κ1) is 19.4. The molecule has 0 radical (unpaired) electrons. The fourth-order valence-electron chi connectivity index (χ4n) is 1.92. The van der Waals surface area contributed by atoms with Crippen molar-refractivity contribution in [3.8, 4) is 0 Å². The van der Waals surface area contributed by atoms with Crippen molar-refractivity contribution in [2.75, 3.05) is 0 Å². The number of sulfonamides is 1. The molecular formula is C15H14N4O5S2. The van der Waals surface area contributed by atoms with Gasteiger partial charge in [0.05, 0.1) is 9.82 Å². The SMILES string of the molecule is Cc1ccc(S(=O)(=O)NNC(=S)NC(=O)c2ccccc2[N+](=O)[O-])cc1. The van der Waals surface area contributed by atoms with Crippen LogP contribution in [-0.4, -0.2) is 24.4 Å². The van der Waals surface area contributed by atoms with Crippen molar-refractivity contribution in [3.63, 3.8) is 0 Å². The monoisotopic (exact) mass is 394 g/mol. The summed E-state index contributed by atoms with van der Waals surface area (Å²) in [6.07, 6.45) is 0. The first-order chi connectivity index (χ1) is 12.2. The van der Waals surface area contributed by atoms with E-state index < -0.39 is 26.5 Å². The van der Waals surface area contributed by atoms with Crippen molar-refractivity contribution in [2.24, 2.45) is 0 Å². The number of carbonyl (C=O) groups excluding carboxylic acids is 1. The Morgan fingerprint density at radius 1 is 1.12 bits per heavy atom. The number of thiocarbonyl (C=S) groups is 1. The number of aryl methyl sites for hydroxylation is 1. The van der Waals surface area contributed by atoms with Gasteiger partial charge in [-0.3, -0.25) is 25.7 Å². The van der Waals surface area contributed by atoms with E-state index in [-0.39, 0.29) is 15.6 Å².